The van der Waals surface area contributed by atoms with Crippen molar-refractivity contribution in [3.05, 3.63) is 30.3 Å². The lowest BCUT2D eigenvalue weighted by molar-refractivity contribution is -0.503. The number of hydrogen-bond acceptors (Lipinski definition) is 1. The van der Waals surface area contributed by atoms with Crippen molar-refractivity contribution < 1.29 is 4.70 Å². The molecule has 0 aromatic heterocycles. The third-order valence-electron chi connectivity index (χ3n) is 3.91. The van der Waals surface area contributed by atoms with Crippen LogP contribution in [0, 0.1) is 5.92 Å². The van der Waals surface area contributed by atoms with E-state index in [0.717, 1.165) is 12.5 Å². The van der Waals surface area contributed by atoms with Gasteiger partial charge in [0.25, 0.3) is 0 Å². The first-order chi connectivity index (χ1) is 7.28. The fourth-order valence-electron chi connectivity index (χ4n) is 2.93. The van der Waals surface area contributed by atoms with Crippen LogP contribution in [0.3, 0.4) is 0 Å². The van der Waals surface area contributed by atoms with Gasteiger partial charge in [0.1, 0.15) is 5.54 Å². The van der Waals surface area contributed by atoms with Crippen molar-refractivity contribution in [2.45, 2.75) is 31.7 Å². The second-order valence-electron chi connectivity index (χ2n) is 4.96. The summed E-state index contributed by atoms with van der Waals surface area (Å²) in [6, 6.07) is 10.5. The second-order valence-corrected chi connectivity index (χ2v) is 4.96. The van der Waals surface area contributed by atoms with Crippen LogP contribution in [0.2, 0.25) is 0 Å². The number of azo groups is 2. The van der Waals surface area contributed by atoms with Crippen molar-refractivity contribution in [3.8, 4) is 0 Å². The van der Waals surface area contributed by atoms with Gasteiger partial charge in [0, 0.05) is 12.1 Å². The molecule has 1 aromatic carbocycles. The molecule has 1 aliphatic heterocycles. The molecule has 1 aromatic rings. The van der Waals surface area contributed by atoms with Crippen LogP contribution in [0.4, 0.5) is 5.69 Å². The van der Waals surface area contributed by atoms with Crippen molar-refractivity contribution in [3.63, 3.8) is 0 Å². The number of rotatable bonds is 1. The van der Waals surface area contributed by atoms with Crippen molar-refractivity contribution in [2.75, 3.05) is 6.54 Å². The fraction of sp³-hybridized carbons (Fsp3) is 0.538. The molecule has 0 amide bonds. The van der Waals surface area contributed by atoms with Crippen LogP contribution in [-0.4, -0.2) is 16.8 Å². The van der Waals surface area contributed by atoms with Gasteiger partial charge in [-0.15, -0.1) is 0 Å². The number of fused-ring (bicyclic) bond motifs is 1. The standard InChI is InChI=1S/C13H17N2/c1-13-9-5-6-11(13)10-15(14-13)12-7-3-2-4-8-12/h2-4,7-8,11H,5-6,9-10H2,1H3/q+1/t11-,13-/m1/s1. The molecule has 1 fully saturated rings. The lowest BCUT2D eigenvalue weighted by atomic mass is 9.91. The van der Waals surface area contributed by atoms with E-state index >= 15 is 0 Å². The predicted molar refractivity (Wildman–Crippen MR) is 59.4 cm³/mol. The molecule has 78 valence electrons. The highest BCUT2D eigenvalue weighted by Crippen LogP contribution is 2.43. The van der Waals surface area contributed by atoms with Crippen molar-refractivity contribution >= 4 is 5.69 Å². The zero-order valence-electron chi connectivity index (χ0n) is 9.19. The highest BCUT2D eigenvalue weighted by molar-refractivity contribution is 5.28. The van der Waals surface area contributed by atoms with Gasteiger partial charge in [0.05, 0.1) is 5.92 Å². The Kier molecular flexibility index (Phi) is 1.91. The molecule has 2 heteroatoms. The normalized spacial score (nSPS) is 33.9. The van der Waals surface area contributed by atoms with Crippen molar-refractivity contribution in [1.29, 1.82) is 0 Å². The van der Waals surface area contributed by atoms with Gasteiger partial charge in [0.2, 0.25) is 5.69 Å². The molecule has 0 radical (unpaired) electrons. The Morgan fingerprint density at radius 3 is 2.87 bits per heavy atom. The Hall–Kier alpha value is -1.18. The van der Waals surface area contributed by atoms with E-state index in [1.807, 2.05) is 0 Å². The SMILES string of the molecule is C[C@@]12CCC[C@@H]1C[N+](c1ccccc1)=N2. The smallest absolute Gasteiger partial charge is 0.0881 e. The molecule has 1 heterocycles. The average Bonchev–Trinajstić information content (AvgIpc) is 2.74. The Balaban J connectivity index is 1.95. The molecule has 0 bridgehead atoms. The topological polar surface area (TPSA) is 15.4 Å². The third kappa shape index (κ3) is 1.39. The number of para-hydroxylation sites is 1. The third-order valence-corrected chi connectivity index (χ3v) is 3.91. The zero-order chi connectivity index (χ0) is 10.3. The van der Waals surface area contributed by atoms with Crippen LogP contribution in [0.1, 0.15) is 26.2 Å². The summed E-state index contributed by atoms with van der Waals surface area (Å²) in [6.45, 7) is 3.42. The minimum absolute atomic E-state index is 0.232. The van der Waals surface area contributed by atoms with Gasteiger partial charge in [0.15, 0.2) is 6.54 Å². The van der Waals surface area contributed by atoms with E-state index in [9.17, 15) is 0 Å². The summed E-state index contributed by atoms with van der Waals surface area (Å²) in [7, 11) is 0. The molecule has 0 saturated heterocycles. The molecule has 3 rings (SSSR count). The van der Waals surface area contributed by atoms with E-state index in [-0.39, 0.29) is 5.54 Å². The Bertz CT molecular complexity index is 396. The monoisotopic (exact) mass is 201 g/mol. The average molecular weight is 201 g/mol. The first kappa shape index (κ1) is 9.08. The maximum Gasteiger partial charge on any atom is 0.231 e. The molecule has 0 N–H and O–H groups in total. The molecule has 2 nitrogen and oxygen atoms in total. The summed E-state index contributed by atoms with van der Waals surface area (Å²) in [5, 5.41) is 4.89. The Labute approximate surface area is 90.6 Å². The van der Waals surface area contributed by atoms with E-state index < -0.39 is 0 Å². The number of hydrogen-bond donors (Lipinski definition) is 0. The van der Waals surface area contributed by atoms with E-state index in [4.69, 9.17) is 5.11 Å². The molecule has 1 saturated carbocycles. The van der Waals surface area contributed by atoms with Gasteiger partial charge in [-0.25, -0.2) is 0 Å². The van der Waals surface area contributed by atoms with Gasteiger partial charge in [-0.05, 0) is 24.9 Å². The Morgan fingerprint density at radius 1 is 1.33 bits per heavy atom. The van der Waals surface area contributed by atoms with E-state index in [0.29, 0.717) is 0 Å². The molecule has 2 atom stereocenters. The number of nitrogens with zero attached hydrogens (tertiary/aromatic N) is 2. The van der Waals surface area contributed by atoms with Crippen LogP contribution in [0.15, 0.2) is 35.4 Å². The van der Waals surface area contributed by atoms with Gasteiger partial charge in [-0.1, -0.05) is 29.3 Å². The molecule has 0 spiro atoms. The summed E-state index contributed by atoms with van der Waals surface area (Å²) >= 11 is 0. The zero-order valence-corrected chi connectivity index (χ0v) is 9.19. The molecule has 15 heavy (non-hydrogen) atoms. The molecular weight excluding hydrogens is 184 g/mol. The van der Waals surface area contributed by atoms with Crippen LogP contribution in [0.25, 0.3) is 0 Å². The van der Waals surface area contributed by atoms with E-state index in [1.54, 1.807) is 0 Å². The summed E-state index contributed by atoms with van der Waals surface area (Å²) in [5.74, 6) is 0.776. The van der Waals surface area contributed by atoms with Crippen LogP contribution in [0.5, 0.6) is 0 Å². The Morgan fingerprint density at radius 2 is 2.13 bits per heavy atom. The van der Waals surface area contributed by atoms with Crippen LogP contribution >= 0.6 is 0 Å². The van der Waals surface area contributed by atoms with Gasteiger partial charge >= 0.3 is 0 Å². The highest BCUT2D eigenvalue weighted by Gasteiger charge is 2.49. The number of benzene rings is 1. The van der Waals surface area contributed by atoms with Crippen LogP contribution in [-0.2, 0) is 0 Å². The second kappa shape index (κ2) is 3.16. The quantitative estimate of drug-likeness (QED) is 0.619. The fourth-order valence-corrected chi connectivity index (χ4v) is 2.93. The minimum atomic E-state index is 0.232. The molecule has 2 aliphatic rings. The van der Waals surface area contributed by atoms with Crippen molar-refractivity contribution in [2.24, 2.45) is 11.0 Å². The first-order valence-corrected chi connectivity index (χ1v) is 5.83. The summed E-state index contributed by atoms with van der Waals surface area (Å²) < 4.78 is 2.20. The van der Waals surface area contributed by atoms with E-state index in [1.165, 1.54) is 24.9 Å². The van der Waals surface area contributed by atoms with E-state index in [2.05, 4.69) is 42.0 Å². The summed E-state index contributed by atoms with van der Waals surface area (Å²) in [5.41, 5.74) is 1.48. The first-order valence-electron chi connectivity index (χ1n) is 5.83. The van der Waals surface area contributed by atoms with Gasteiger partial charge in [-0.3, -0.25) is 0 Å². The molecule has 1 aliphatic carbocycles. The minimum Gasteiger partial charge on any atom is -0.0881 e. The predicted octanol–water partition coefficient (Wildman–Crippen LogP) is 3.36. The molecule has 0 unspecified atom stereocenters. The molecular formula is C13H17N2+. The van der Waals surface area contributed by atoms with Gasteiger partial charge < -0.3 is 0 Å². The summed E-state index contributed by atoms with van der Waals surface area (Å²) in [6.07, 6.45) is 3.97. The highest BCUT2D eigenvalue weighted by atomic mass is 15.3. The largest absolute Gasteiger partial charge is 0.231 e. The van der Waals surface area contributed by atoms with Crippen molar-refractivity contribution in [1.82, 2.24) is 0 Å². The lowest BCUT2D eigenvalue weighted by Crippen LogP contribution is -2.23. The maximum absolute atomic E-state index is 4.89. The lowest BCUT2D eigenvalue weighted by Gasteiger charge is -2.12. The van der Waals surface area contributed by atoms with Crippen LogP contribution < -0.4 is 0 Å². The maximum atomic E-state index is 4.89. The van der Waals surface area contributed by atoms with Gasteiger partial charge in [-0.2, -0.15) is 0 Å². The summed E-state index contributed by atoms with van der Waals surface area (Å²) in [4.78, 5) is 0.